The van der Waals surface area contributed by atoms with E-state index in [-0.39, 0.29) is 12.5 Å². The van der Waals surface area contributed by atoms with Crippen molar-refractivity contribution >= 4 is 23.5 Å². The number of anilines is 1. The highest BCUT2D eigenvalue weighted by atomic mass is 16.2. The van der Waals surface area contributed by atoms with Gasteiger partial charge in [-0.3, -0.25) is 14.5 Å². The summed E-state index contributed by atoms with van der Waals surface area (Å²) in [5.41, 5.74) is 2.44. The van der Waals surface area contributed by atoms with Crippen molar-refractivity contribution in [1.29, 1.82) is 0 Å². The van der Waals surface area contributed by atoms with Gasteiger partial charge in [0.05, 0.1) is 0 Å². The number of carbonyl (C=O) groups excluding carboxylic acids is 3. The molecule has 1 saturated heterocycles. The molecule has 1 aliphatic heterocycles. The maximum absolute atomic E-state index is 13.3. The molecule has 1 spiro atoms. The van der Waals surface area contributed by atoms with Crippen LogP contribution in [-0.2, 0) is 28.1 Å². The second kappa shape index (κ2) is 8.44. The van der Waals surface area contributed by atoms with E-state index < -0.39 is 17.5 Å². The molecule has 0 saturated carbocycles. The second-order valence-corrected chi connectivity index (χ2v) is 9.20. The van der Waals surface area contributed by atoms with Gasteiger partial charge in [0.2, 0.25) is 5.91 Å². The fraction of sp³-hybridized carbons (Fsp3) is 0.308. The Morgan fingerprint density at radius 2 is 2.00 bits per heavy atom. The monoisotopic (exact) mass is 457 g/mol. The van der Waals surface area contributed by atoms with E-state index in [0.717, 1.165) is 27.4 Å². The third-order valence-corrected chi connectivity index (χ3v) is 6.55. The number of aryl methyl sites for hydroxylation is 1. The molecule has 2 aromatic carbocycles. The molecule has 1 unspecified atom stereocenters. The van der Waals surface area contributed by atoms with Crippen LogP contribution in [0.25, 0.3) is 0 Å². The molecule has 3 aromatic rings. The SMILES string of the molecule is CC(C)c1nccn1Cc1cccc(NC(=O)CN2C(=O)NC3(CCc4ccccc43)C2=O)c1. The van der Waals surface area contributed by atoms with Crippen molar-refractivity contribution in [2.75, 3.05) is 11.9 Å². The number of imidazole rings is 1. The first-order valence-corrected chi connectivity index (χ1v) is 11.5. The highest BCUT2D eigenvalue weighted by Gasteiger charge is 2.55. The zero-order valence-electron chi connectivity index (χ0n) is 19.2. The Balaban J connectivity index is 1.27. The fourth-order valence-corrected chi connectivity index (χ4v) is 4.98. The standard InChI is InChI=1S/C26H27N5O3/c1-17(2)23-27-12-13-30(23)15-18-6-5-8-20(14-18)28-22(32)16-31-24(33)26(29-25(31)34)11-10-19-7-3-4-9-21(19)26/h3-9,12-14,17H,10-11,15-16H2,1-2H3,(H,28,32)(H,29,34). The molecule has 2 N–H and O–H groups in total. The van der Waals surface area contributed by atoms with Gasteiger partial charge >= 0.3 is 6.03 Å². The Labute approximate surface area is 198 Å². The van der Waals surface area contributed by atoms with Crippen LogP contribution >= 0.6 is 0 Å². The summed E-state index contributed by atoms with van der Waals surface area (Å²) in [7, 11) is 0. The van der Waals surface area contributed by atoms with Crippen molar-refractivity contribution in [3.8, 4) is 0 Å². The summed E-state index contributed by atoms with van der Waals surface area (Å²) < 4.78 is 2.08. The number of nitrogens with zero attached hydrogens (tertiary/aromatic N) is 3. The van der Waals surface area contributed by atoms with Gasteiger partial charge in [-0.05, 0) is 41.7 Å². The van der Waals surface area contributed by atoms with E-state index in [9.17, 15) is 14.4 Å². The molecule has 2 aliphatic rings. The minimum atomic E-state index is -1.06. The number of imide groups is 1. The van der Waals surface area contributed by atoms with Crippen LogP contribution in [-0.4, -0.2) is 38.8 Å². The average Bonchev–Trinajstić information content (AvgIpc) is 3.48. The smallest absolute Gasteiger partial charge is 0.325 e. The zero-order chi connectivity index (χ0) is 23.9. The third-order valence-electron chi connectivity index (χ3n) is 6.55. The Morgan fingerprint density at radius 1 is 1.18 bits per heavy atom. The van der Waals surface area contributed by atoms with Crippen molar-refractivity contribution in [2.45, 2.75) is 44.7 Å². The van der Waals surface area contributed by atoms with Gasteiger partial charge < -0.3 is 15.2 Å². The maximum Gasteiger partial charge on any atom is 0.325 e. The molecule has 0 radical (unpaired) electrons. The Morgan fingerprint density at radius 3 is 2.82 bits per heavy atom. The van der Waals surface area contributed by atoms with Crippen LogP contribution in [0, 0.1) is 0 Å². The fourth-order valence-electron chi connectivity index (χ4n) is 4.98. The predicted molar refractivity (Wildman–Crippen MR) is 127 cm³/mol. The van der Waals surface area contributed by atoms with E-state index in [0.29, 0.717) is 31.0 Å². The molecule has 8 nitrogen and oxygen atoms in total. The molecule has 2 heterocycles. The van der Waals surface area contributed by atoms with Crippen molar-refractivity contribution in [3.63, 3.8) is 0 Å². The lowest BCUT2D eigenvalue weighted by molar-refractivity contribution is -0.134. The summed E-state index contributed by atoms with van der Waals surface area (Å²) in [6.45, 7) is 4.49. The zero-order valence-corrected chi connectivity index (χ0v) is 19.2. The lowest BCUT2D eigenvalue weighted by atomic mass is 9.92. The number of rotatable bonds is 6. The summed E-state index contributed by atoms with van der Waals surface area (Å²) in [5, 5.41) is 5.68. The molecule has 34 heavy (non-hydrogen) atoms. The van der Waals surface area contributed by atoms with Gasteiger partial charge in [0, 0.05) is 30.5 Å². The Bertz CT molecular complexity index is 1280. The lowest BCUT2D eigenvalue weighted by Crippen LogP contribution is -2.43. The van der Waals surface area contributed by atoms with Crippen molar-refractivity contribution in [3.05, 3.63) is 83.4 Å². The number of hydrogen-bond donors (Lipinski definition) is 2. The normalized spacial score (nSPS) is 19.1. The second-order valence-electron chi connectivity index (χ2n) is 9.20. The Hall–Kier alpha value is -3.94. The van der Waals surface area contributed by atoms with E-state index in [1.165, 1.54) is 0 Å². The summed E-state index contributed by atoms with van der Waals surface area (Å²) >= 11 is 0. The van der Waals surface area contributed by atoms with Crippen LogP contribution in [0.15, 0.2) is 60.9 Å². The van der Waals surface area contributed by atoms with E-state index in [1.807, 2.05) is 48.7 Å². The summed E-state index contributed by atoms with van der Waals surface area (Å²) in [6, 6.07) is 14.6. The number of amides is 4. The molecular weight excluding hydrogens is 430 g/mol. The van der Waals surface area contributed by atoms with Crippen LogP contribution in [0.3, 0.4) is 0 Å². The average molecular weight is 458 g/mol. The van der Waals surface area contributed by atoms with Crippen LogP contribution in [0.1, 0.15) is 48.7 Å². The third kappa shape index (κ3) is 3.75. The van der Waals surface area contributed by atoms with Crippen molar-refractivity contribution in [1.82, 2.24) is 19.8 Å². The van der Waals surface area contributed by atoms with Crippen molar-refractivity contribution in [2.24, 2.45) is 0 Å². The molecule has 1 fully saturated rings. The molecule has 5 rings (SSSR count). The minimum Gasteiger partial charge on any atom is -0.330 e. The number of hydrogen-bond acceptors (Lipinski definition) is 4. The van der Waals surface area contributed by atoms with Gasteiger partial charge in [0.25, 0.3) is 5.91 Å². The molecular formula is C26H27N5O3. The lowest BCUT2D eigenvalue weighted by Gasteiger charge is -2.22. The summed E-state index contributed by atoms with van der Waals surface area (Å²) in [4.78, 5) is 44.1. The number of nitrogens with one attached hydrogen (secondary N) is 2. The largest absolute Gasteiger partial charge is 0.330 e. The molecule has 1 aromatic heterocycles. The van der Waals surface area contributed by atoms with Gasteiger partial charge in [0.1, 0.15) is 17.9 Å². The van der Waals surface area contributed by atoms with E-state index in [1.54, 1.807) is 12.3 Å². The molecule has 0 bridgehead atoms. The number of aromatic nitrogens is 2. The van der Waals surface area contributed by atoms with Gasteiger partial charge in [-0.25, -0.2) is 9.78 Å². The van der Waals surface area contributed by atoms with Crippen molar-refractivity contribution < 1.29 is 14.4 Å². The van der Waals surface area contributed by atoms with E-state index in [2.05, 4.69) is 34.0 Å². The van der Waals surface area contributed by atoms with E-state index in [4.69, 9.17) is 0 Å². The number of carbonyl (C=O) groups is 3. The van der Waals surface area contributed by atoms with Crippen LogP contribution in [0.4, 0.5) is 10.5 Å². The van der Waals surface area contributed by atoms with Gasteiger partial charge in [-0.2, -0.15) is 0 Å². The maximum atomic E-state index is 13.3. The van der Waals surface area contributed by atoms with Gasteiger partial charge in [0.15, 0.2) is 0 Å². The highest BCUT2D eigenvalue weighted by Crippen LogP contribution is 2.41. The van der Waals surface area contributed by atoms with Crippen LogP contribution < -0.4 is 10.6 Å². The van der Waals surface area contributed by atoms with Gasteiger partial charge in [-0.1, -0.05) is 50.2 Å². The predicted octanol–water partition coefficient (Wildman–Crippen LogP) is 3.39. The molecule has 1 atom stereocenters. The summed E-state index contributed by atoms with van der Waals surface area (Å²) in [5.74, 6) is 0.509. The molecule has 1 aliphatic carbocycles. The van der Waals surface area contributed by atoms with E-state index >= 15 is 0 Å². The summed E-state index contributed by atoms with van der Waals surface area (Å²) in [6.07, 6.45) is 4.94. The first-order valence-electron chi connectivity index (χ1n) is 11.5. The molecule has 8 heteroatoms. The minimum absolute atomic E-state index is 0.303. The first-order chi connectivity index (χ1) is 16.4. The Kier molecular flexibility index (Phi) is 5.43. The number of benzene rings is 2. The number of fused-ring (bicyclic) bond motifs is 2. The van der Waals surface area contributed by atoms with Gasteiger partial charge in [-0.15, -0.1) is 0 Å². The van der Waals surface area contributed by atoms with Crippen LogP contribution in [0.2, 0.25) is 0 Å². The quantitative estimate of drug-likeness (QED) is 0.555. The topological polar surface area (TPSA) is 96.3 Å². The molecule has 4 amide bonds. The highest BCUT2D eigenvalue weighted by molar-refractivity contribution is 6.10. The molecule has 174 valence electrons. The first kappa shape index (κ1) is 21.9. The number of urea groups is 1. The van der Waals surface area contributed by atoms with Crippen LogP contribution in [0.5, 0.6) is 0 Å².